The molecule has 0 radical (unpaired) electrons. The number of carbonyl (C=O) groups excluding carboxylic acids is 1. The molecular weight excluding hydrogens is 464 g/mol. The molecule has 31 heavy (non-hydrogen) atoms. The molecule has 0 aliphatic carbocycles. The van der Waals surface area contributed by atoms with E-state index in [2.05, 4.69) is 26.1 Å². The number of piperazine rings is 1. The summed E-state index contributed by atoms with van der Waals surface area (Å²) in [6.45, 7) is 2.81. The van der Waals surface area contributed by atoms with Crippen LogP contribution in [-0.4, -0.2) is 41.9 Å². The highest BCUT2D eigenvalue weighted by molar-refractivity contribution is 9.10. The zero-order chi connectivity index (χ0) is 21.8. The third kappa shape index (κ3) is 4.88. The number of nitrogens with one attached hydrogen (secondary N) is 1. The van der Waals surface area contributed by atoms with Crippen molar-refractivity contribution in [2.45, 2.75) is 6.54 Å². The smallest absolute Gasteiger partial charge is 0.292 e. The average molecular weight is 485 g/mol. The fourth-order valence-electron chi connectivity index (χ4n) is 3.59. The van der Waals surface area contributed by atoms with E-state index in [4.69, 9.17) is 4.42 Å². The van der Waals surface area contributed by atoms with E-state index < -0.39 is 4.92 Å². The van der Waals surface area contributed by atoms with Gasteiger partial charge in [0.1, 0.15) is 11.4 Å². The van der Waals surface area contributed by atoms with E-state index in [1.54, 1.807) is 24.5 Å². The van der Waals surface area contributed by atoms with Crippen LogP contribution in [0.1, 0.15) is 16.1 Å². The van der Waals surface area contributed by atoms with Gasteiger partial charge in [-0.25, -0.2) is 0 Å². The van der Waals surface area contributed by atoms with Crippen molar-refractivity contribution in [3.8, 4) is 0 Å². The summed E-state index contributed by atoms with van der Waals surface area (Å²) in [6, 6.07) is 16.0. The van der Waals surface area contributed by atoms with Gasteiger partial charge in [0.2, 0.25) is 0 Å². The minimum Gasteiger partial charge on any atom is -0.467 e. The highest BCUT2D eigenvalue weighted by Gasteiger charge is 2.24. The Hall–Kier alpha value is -3.33. The largest absolute Gasteiger partial charge is 0.467 e. The number of nitro benzene ring substituents is 1. The summed E-state index contributed by atoms with van der Waals surface area (Å²) in [4.78, 5) is 27.8. The van der Waals surface area contributed by atoms with Crippen molar-refractivity contribution in [2.75, 3.05) is 36.4 Å². The molecule has 9 heteroatoms. The van der Waals surface area contributed by atoms with Crippen LogP contribution in [0.2, 0.25) is 0 Å². The van der Waals surface area contributed by atoms with Crippen LogP contribution in [0, 0.1) is 10.1 Å². The number of rotatable bonds is 6. The van der Waals surface area contributed by atoms with E-state index >= 15 is 0 Å². The number of benzene rings is 2. The van der Waals surface area contributed by atoms with E-state index in [1.165, 1.54) is 6.07 Å². The lowest BCUT2D eigenvalue weighted by Crippen LogP contribution is -2.48. The summed E-state index contributed by atoms with van der Waals surface area (Å²) < 4.78 is 6.17. The quantitative estimate of drug-likeness (QED) is 0.408. The van der Waals surface area contributed by atoms with Gasteiger partial charge < -0.3 is 19.5 Å². The van der Waals surface area contributed by atoms with E-state index in [1.807, 2.05) is 35.2 Å². The second kappa shape index (κ2) is 9.22. The van der Waals surface area contributed by atoms with Crippen LogP contribution in [0.15, 0.2) is 69.8 Å². The number of nitro groups is 1. The molecule has 0 spiro atoms. The van der Waals surface area contributed by atoms with E-state index in [-0.39, 0.29) is 11.6 Å². The molecule has 1 saturated heterocycles. The predicted octanol–water partition coefficient (Wildman–Crippen LogP) is 4.52. The maximum atomic E-state index is 12.8. The van der Waals surface area contributed by atoms with Crippen molar-refractivity contribution in [2.24, 2.45) is 0 Å². The van der Waals surface area contributed by atoms with Crippen molar-refractivity contribution in [1.29, 1.82) is 0 Å². The monoisotopic (exact) mass is 484 g/mol. The van der Waals surface area contributed by atoms with Crippen molar-refractivity contribution < 1.29 is 14.1 Å². The number of halogens is 1. The Labute approximate surface area is 187 Å². The van der Waals surface area contributed by atoms with Crippen molar-refractivity contribution >= 4 is 38.9 Å². The summed E-state index contributed by atoms with van der Waals surface area (Å²) in [5.74, 6) is 0.699. The molecule has 0 atom stereocenters. The van der Waals surface area contributed by atoms with E-state index in [9.17, 15) is 14.9 Å². The second-order valence-corrected chi connectivity index (χ2v) is 8.10. The number of carbonyl (C=O) groups is 1. The fourth-order valence-corrected chi connectivity index (χ4v) is 3.99. The molecule has 1 aromatic heterocycles. The maximum Gasteiger partial charge on any atom is 0.292 e. The Morgan fingerprint density at radius 2 is 1.90 bits per heavy atom. The van der Waals surface area contributed by atoms with Crippen LogP contribution < -0.4 is 10.2 Å². The first kappa shape index (κ1) is 20.9. The maximum absolute atomic E-state index is 12.8. The molecule has 1 fully saturated rings. The molecule has 0 bridgehead atoms. The Bertz CT molecular complexity index is 1080. The van der Waals surface area contributed by atoms with Crippen molar-refractivity contribution in [1.82, 2.24) is 4.90 Å². The molecule has 4 rings (SSSR count). The van der Waals surface area contributed by atoms with Crippen LogP contribution in [-0.2, 0) is 6.54 Å². The van der Waals surface area contributed by atoms with Gasteiger partial charge in [-0.1, -0.05) is 22.0 Å². The number of hydrogen-bond donors (Lipinski definition) is 1. The van der Waals surface area contributed by atoms with Crippen LogP contribution in [0.3, 0.4) is 0 Å². The first-order chi connectivity index (χ1) is 15.0. The van der Waals surface area contributed by atoms with E-state index in [0.29, 0.717) is 49.7 Å². The van der Waals surface area contributed by atoms with Crippen molar-refractivity contribution in [3.05, 3.63) is 86.8 Å². The first-order valence-electron chi connectivity index (χ1n) is 9.86. The minimum absolute atomic E-state index is 0.00505. The lowest BCUT2D eigenvalue weighted by atomic mass is 10.1. The molecule has 0 unspecified atom stereocenters. The van der Waals surface area contributed by atoms with Gasteiger partial charge >= 0.3 is 0 Å². The average Bonchev–Trinajstić information content (AvgIpc) is 3.31. The van der Waals surface area contributed by atoms with Crippen LogP contribution in [0.4, 0.5) is 17.1 Å². The molecule has 0 saturated carbocycles. The molecule has 1 aliphatic rings. The minimum atomic E-state index is -0.400. The molecule has 2 heterocycles. The lowest BCUT2D eigenvalue weighted by Gasteiger charge is -2.36. The predicted molar refractivity (Wildman–Crippen MR) is 121 cm³/mol. The SMILES string of the molecule is O=C(c1cccc(Br)c1)N1CCN(c2ccc([N+](=O)[O-])c(NCc3ccco3)c2)CC1. The van der Waals surface area contributed by atoms with E-state index in [0.717, 1.165) is 10.2 Å². The molecule has 1 aliphatic heterocycles. The number of anilines is 2. The summed E-state index contributed by atoms with van der Waals surface area (Å²) in [7, 11) is 0. The molecular formula is C22H21BrN4O4. The van der Waals surface area contributed by atoms with Gasteiger partial charge in [-0.15, -0.1) is 0 Å². The van der Waals surface area contributed by atoms with Crippen molar-refractivity contribution in [3.63, 3.8) is 0 Å². The third-order valence-electron chi connectivity index (χ3n) is 5.21. The van der Waals surface area contributed by atoms with Gasteiger partial charge in [0.15, 0.2) is 0 Å². The zero-order valence-corrected chi connectivity index (χ0v) is 18.2. The number of nitrogens with zero attached hydrogens (tertiary/aromatic N) is 3. The zero-order valence-electron chi connectivity index (χ0n) is 16.7. The summed E-state index contributed by atoms with van der Waals surface area (Å²) in [5.41, 5.74) is 1.98. The highest BCUT2D eigenvalue weighted by atomic mass is 79.9. The van der Waals surface area contributed by atoms with Gasteiger partial charge in [-0.3, -0.25) is 14.9 Å². The fraction of sp³-hybridized carbons (Fsp3) is 0.227. The van der Waals surface area contributed by atoms with Gasteiger partial charge in [0, 0.05) is 48.0 Å². The van der Waals surface area contributed by atoms with Gasteiger partial charge in [-0.05, 0) is 42.5 Å². The Kier molecular flexibility index (Phi) is 6.22. The van der Waals surface area contributed by atoms with Gasteiger partial charge in [-0.2, -0.15) is 0 Å². The number of furan rings is 1. The topological polar surface area (TPSA) is 91.9 Å². The number of hydrogen-bond acceptors (Lipinski definition) is 6. The Morgan fingerprint density at radius 3 is 2.58 bits per heavy atom. The standard InChI is InChI=1S/C22H21BrN4O4/c23-17-4-1-3-16(13-17)22(28)26-10-8-25(9-11-26)18-6-7-21(27(29)30)20(14-18)24-15-19-5-2-12-31-19/h1-7,12-14,24H,8-11,15H2. The molecule has 2 aromatic carbocycles. The molecule has 1 amide bonds. The number of amides is 1. The summed E-state index contributed by atoms with van der Waals surface area (Å²) in [6.07, 6.45) is 1.57. The van der Waals surface area contributed by atoms with Crippen LogP contribution in [0.5, 0.6) is 0 Å². The third-order valence-corrected chi connectivity index (χ3v) is 5.71. The van der Waals surface area contributed by atoms with Gasteiger partial charge in [0.25, 0.3) is 11.6 Å². The summed E-state index contributed by atoms with van der Waals surface area (Å²) in [5, 5.41) is 14.5. The molecule has 8 nitrogen and oxygen atoms in total. The first-order valence-corrected chi connectivity index (χ1v) is 10.6. The molecule has 1 N–H and O–H groups in total. The normalized spacial score (nSPS) is 13.8. The molecule has 160 valence electrons. The Morgan fingerprint density at radius 1 is 1.10 bits per heavy atom. The van der Waals surface area contributed by atoms with Crippen LogP contribution in [0.25, 0.3) is 0 Å². The van der Waals surface area contributed by atoms with Crippen LogP contribution >= 0.6 is 15.9 Å². The van der Waals surface area contributed by atoms with Gasteiger partial charge in [0.05, 0.1) is 17.7 Å². The Balaban J connectivity index is 1.44. The summed E-state index contributed by atoms with van der Waals surface area (Å²) >= 11 is 3.40. The molecule has 3 aromatic rings. The highest BCUT2D eigenvalue weighted by Crippen LogP contribution is 2.30. The second-order valence-electron chi connectivity index (χ2n) is 7.18. The lowest BCUT2D eigenvalue weighted by molar-refractivity contribution is -0.384.